The fraction of sp³-hybridized carbons (Fsp3) is 0.538. The number of likely N-dealkylation sites (tertiary alicyclic amines) is 1. The number of hydrogen-bond acceptors (Lipinski definition) is 6. The number of carbonyl (C=O) groups is 1. The minimum atomic E-state index is -0.411. The number of anilines is 3. The summed E-state index contributed by atoms with van der Waals surface area (Å²) < 4.78 is 21.4. The van der Waals surface area contributed by atoms with Crippen molar-refractivity contribution in [3.8, 4) is 11.1 Å². The standard InChI is InChI=1S/C26H36FN5O3/c1-4-19-7-8-32(15-19)26(34)29-20-6-5-17(2)21(13-20)22-14-23(28-18(3)16-33)30-25(24(22)27)31-9-11-35-12-10-31/h5-6,13-14,18-19,33H,4,7-12,15-16H2,1-3H3,(H,28,30)(H,29,34)/t18-,19-/m1/s1. The van der Waals surface area contributed by atoms with Crippen LogP contribution in [0.25, 0.3) is 11.1 Å². The first-order valence-electron chi connectivity index (χ1n) is 12.5. The first-order chi connectivity index (χ1) is 16.9. The average Bonchev–Trinajstić information content (AvgIpc) is 3.36. The third kappa shape index (κ3) is 5.85. The van der Waals surface area contributed by atoms with Gasteiger partial charge in [-0.2, -0.15) is 0 Å². The summed E-state index contributed by atoms with van der Waals surface area (Å²) >= 11 is 0. The van der Waals surface area contributed by atoms with Crippen LogP contribution in [0.15, 0.2) is 24.3 Å². The van der Waals surface area contributed by atoms with Crippen LogP contribution in [-0.4, -0.2) is 73.1 Å². The molecule has 2 atom stereocenters. The van der Waals surface area contributed by atoms with Gasteiger partial charge in [0, 0.05) is 43.5 Å². The Balaban J connectivity index is 1.67. The summed E-state index contributed by atoms with van der Waals surface area (Å²) in [5.41, 5.74) is 2.59. The Kier molecular flexibility index (Phi) is 8.07. The lowest BCUT2D eigenvalue weighted by atomic mass is 9.99. The highest BCUT2D eigenvalue weighted by atomic mass is 19.1. The molecule has 0 saturated carbocycles. The van der Waals surface area contributed by atoms with Gasteiger partial charge in [-0.25, -0.2) is 14.2 Å². The van der Waals surface area contributed by atoms with Crippen LogP contribution in [0.2, 0.25) is 0 Å². The van der Waals surface area contributed by atoms with Crippen molar-refractivity contribution in [3.63, 3.8) is 0 Å². The van der Waals surface area contributed by atoms with E-state index in [-0.39, 0.29) is 24.5 Å². The number of aliphatic hydroxyl groups is 1. The monoisotopic (exact) mass is 485 g/mol. The minimum Gasteiger partial charge on any atom is -0.394 e. The van der Waals surface area contributed by atoms with Gasteiger partial charge in [0.1, 0.15) is 5.82 Å². The molecular weight excluding hydrogens is 449 g/mol. The van der Waals surface area contributed by atoms with Crippen molar-refractivity contribution in [2.45, 2.75) is 39.7 Å². The summed E-state index contributed by atoms with van der Waals surface area (Å²) in [5, 5.41) is 15.7. The average molecular weight is 486 g/mol. The van der Waals surface area contributed by atoms with Gasteiger partial charge in [0.25, 0.3) is 0 Å². The van der Waals surface area contributed by atoms with Crippen LogP contribution in [0.3, 0.4) is 0 Å². The number of aliphatic hydroxyl groups excluding tert-OH is 1. The van der Waals surface area contributed by atoms with Crippen molar-refractivity contribution >= 4 is 23.4 Å². The van der Waals surface area contributed by atoms with Crippen LogP contribution in [0.1, 0.15) is 32.3 Å². The van der Waals surface area contributed by atoms with Gasteiger partial charge in [-0.3, -0.25) is 0 Å². The molecule has 190 valence electrons. The minimum absolute atomic E-state index is 0.0722. The molecule has 2 aliphatic heterocycles. The van der Waals surface area contributed by atoms with Crippen molar-refractivity contribution in [1.82, 2.24) is 9.88 Å². The van der Waals surface area contributed by atoms with Crippen molar-refractivity contribution in [3.05, 3.63) is 35.6 Å². The number of urea groups is 1. The number of benzene rings is 1. The zero-order valence-electron chi connectivity index (χ0n) is 20.8. The molecule has 2 aromatic rings. The number of amides is 2. The van der Waals surface area contributed by atoms with Crippen molar-refractivity contribution < 1.29 is 19.0 Å². The summed E-state index contributed by atoms with van der Waals surface area (Å²) in [7, 11) is 0. The van der Waals surface area contributed by atoms with Crippen molar-refractivity contribution in [2.24, 2.45) is 5.92 Å². The number of pyridine rings is 1. The maximum atomic E-state index is 15.9. The van der Waals surface area contributed by atoms with Crippen LogP contribution in [0, 0.1) is 18.7 Å². The molecule has 0 unspecified atom stereocenters. The zero-order valence-corrected chi connectivity index (χ0v) is 20.8. The van der Waals surface area contributed by atoms with E-state index < -0.39 is 5.82 Å². The second kappa shape index (κ2) is 11.2. The predicted molar refractivity (Wildman–Crippen MR) is 137 cm³/mol. The molecular formula is C26H36FN5O3. The van der Waals surface area contributed by atoms with Gasteiger partial charge in [-0.1, -0.05) is 19.4 Å². The number of aryl methyl sites for hydroxylation is 1. The normalized spacial score (nSPS) is 19.1. The molecule has 3 heterocycles. The molecule has 2 aliphatic rings. The topological polar surface area (TPSA) is 90.0 Å². The summed E-state index contributed by atoms with van der Waals surface area (Å²) in [6, 6.07) is 6.87. The lowest BCUT2D eigenvalue weighted by molar-refractivity contribution is 0.122. The number of rotatable bonds is 7. The zero-order chi connectivity index (χ0) is 24.9. The van der Waals surface area contributed by atoms with Gasteiger partial charge in [-0.05, 0) is 55.5 Å². The van der Waals surface area contributed by atoms with Gasteiger partial charge in [0.15, 0.2) is 11.6 Å². The van der Waals surface area contributed by atoms with Crippen LogP contribution in [0.4, 0.5) is 26.5 Å². The van der Waals surface area contributed by atoms with E-state index in [1.165, 1.54) is 0 Å². The molecule has 2 saturated heterocycles. The highest BCUT2D eigenvalue weighted by molar-refractivity contribution is 5.91. The van der Waals surface area contributed by atoms with Gasteiger partial charge in [-0.15, -0.1) is 0 Å². The first kappa shape index (κ1) is 25.2. The van der Waals surface area contributed by atoms with Crippen molar-refractivity contribution in [2.75, 3.05) is 61.5 Å². The van der Waals surface area contributed by atoms with Gasteiger partial charge < -0.3 is 30.3 Å². The summed E-state index contributed by atoms with van der Waals surface area (Å²) in [4.78, 5) is 21.1. The highest BCUT2D eigenvalue weighted by Gasteiger charge is 2.26. The van der Waals surface area contributed by atoms with E-state index in [0.717, 1.165) is 31.5 Å². The van der Waals surface area contributed by atoms with Crippen LogP contribution >= 0.6 is 0 Å². The molecule has 35 heavy (non-hydrogen) atoms. The summed E-state index contributed by atoms with van der Waals surface area (Å²) in [6.07, 6.45) is 2.09. The Morgan fingerprint density at radius 3 is 2.71 bits per heavy atom. The Hall–Kier alpha value is -2.91. The fourth-order valence-electron chi connectivity index (χ4n) is 4.61. The third-order valence-electron chi connectivity index (χ3n) is 6.85. The smallest absolute Gasteiger partial charge is 0.321 e. The number of nitrogens with one attached hydrogen (secondary N) is 2. The van der Waals surface area contributed by atoms with E-state index in [1.807, 2.05) is 41.8 Å². The lowest BCUT2D eigenvalue weighted by Gasteiger charge is -2.29. The maximum absolute atomic E-state index is 15.9. The highest BCUT2D eigenvalue weighted by Crippen LogP contribution is 2.35. The van der Waals surface area contributed by atoms with Crippen LogP contribution < -0.4 is 15.5 Å². The Morgan fingerprint density at radius 2 is 2.03 bits per heavy atom. The molecule has 9 heteroatoms. The second-order valence-electron chi connectivity index (χ2n) is 9.49. The Bertz CT molecular complexity index is 1040. The Labute approximate surface area is 206 Å². The number of carbonyl (C=O) groups excluding carboxylic acids is 1. The van der Waals surface area contributed by atoms with Crippen LogP contribution in [0.5, 0.6) is 0 Å². The molecule has 1 aromatic carbocycles. The molecule has 8 nitrogen and oxygen atoms in total. The number of aromatic nitrogens is 1. The quantitative estimate of drug-likeness (QED) is 0.547. The molecule has 2 amide bonds. The number of morpholine rings is 1. The number of halogens is 1. The van der Waals surface area contributed by atoms with E-state index in [1.54, 1.807) is 6.07 Å². The van der Waals surface area contributed by atoms with E-state index in [4.69, 9.17) is 4.74 Å². The molecule has 0 aliphatic carbocycles. The Morgan fingerprint density at radius 1 is 1.26 bits per heavy atom. The fourth-order valence-corrected chi connectivity index (χ4v) is 4.61. The maximum Gasteiger partial charge on any atom is 0.321 e. The SMILES string of the molecule is CC[C@@H]1CCN(C(=O)Nc2ccc(C)c(-c3cc(N[C@H](C)CO)nc(N4CCOCC4)c3F)c2)C1. The largest absolute Gasteiger partial charge is 0.394 e. The van der Waals surface area contributed by atoms with E-state index in [9.17, 15) is 9.90 Å². The molecule has 0 bridgehead atoms. The second-order valence-corrected chi connectivity index (χ2v) is 9.49. The molecule has 0 spiro atoms. The van der Waals surface area contributed by atoms with E-state index in [0.29, 0.717) is 54.9 Å². The van der Waals surface area contributed by atoms with Gasteiger partial charge in [0.2, 0.25) is 0 Å². The molecule has 3 N–H and O–H groups in total. The summed E-state index contributed by atoms with van der Waals surface area (Å²) in [6.45, 7) is 9.47. The van der Waals surface area contributed by atoms with E-state index >= 15 is 4.39 Å². The molecule has 0 radical (unpaired) electrons. The molecule has 1 aromatic heterocycles. The number of ether oxygens (including phenoxy) is 1. The van der Waals surface area contributed by atoms with Gasteiger partial charge >= 0.3 is 6.03 Å². The van der Waals surface area contributed by atoms with Crippen molar-refractivity contribution in [1.29, 1.82) is 0 Å². The predicted octanol–water partition coefficient (Wildman–Crippen LogP) is 4.09. The first-order valence-corrected chi connectivity index (χ1v) is 12.5. The lowest BCUT2D eigenvalue weighted by Crippen LogP contribution is -2.37. The summed E-state index contributed by atoms with van der Waals surface area (Å²) in [5.74, 6) is 0.882. The number of hydrogen-bond donors (Lipinski definition) is 3. The molecule has 4 rings (SSSR count). The van der Waals surface area contributed by atoms with Gasteiger partial charge in [0.05, 0.1) is 19.8 Å². The van der Waals surface area contributed by atoms with E-state index in [2.05, 4.69) is 22.5 Å². The third-order valence-corrected chi connectivity index (χ3v) is 6.85. The molecule has 2 fully saturated rings. The van der Waals surface area contributed by atoms with Crippen LogP contribution in [-0.2, 0) is 4.74 Å². The number of nitrogens with zero attached hydrogens (tertiary/aromatic N) is 3.